The monoisotopic (exact) mass is 360 g/mol. The zero-order valence-electron chi connectivity index (χ0n) is 15.7. The number of rotatable bonds is 5. The van der Waals surface area contributed by atoms with Crippen LogP contribution in [0.5, 0.6) is 11.6 Å². The number of carbonyl (C=O) groups is 1. The Morgan fingerprint density at radius 2 is 1.84 bits per heavy atom. The molecule has 1 amide bonds. The molecule has 0 fully saturated rings. The summed E-state index contributed by atoms with van der Waals surface area (Å²) in [6.45, 7) is 9.97. The van der Waals surface area contributed by atoms with Gasteiger partial charge in [0.1, 0.15) is 11.3 Å². The Kier molecular flexibility index (Phi) is 6.07. The summed E-state index contributed by atoms with van der Waals surface area (Å²) < 4.78 is 6.13. The van der Waals surface area contributed by atoms with Crippen LogP contribution in [-0.4, -0.2) is 17.9 Å². The lowest BCUT2D eigenvalue weighted by atomic mass is 9.93. The number of benzene rings is 1. The molecule has 1 N–H and O–H groups in total. The molecule has 0 aliphatic heterocycles. The van der Waals surface area contributed by atoms with Crippen molar-refractivity contribution in [3.8, 4) is 11.6 Å². The SMILES string of the molecule is CCC(C)c1cc(C)nc(Oc2c(C)cc(Cl)cc2C)c1C(=O)NC. The maximum Gasteiger partial charge on any atom is 0.256 e. The van der Waals surface area contributed by atoms with Crippen LogP contribution >= 0.6 is 11.6 Å². The molecule has 4 nitrogen and oxygen atoms in total. The maximum absolute atomic E-state index is 12.5. The number of pyridine rings is 1. The predicted molar refractivity (Wildman–Crippen MR) is 102 cm³/mol. The fourth-order valence-electron chi connectivity index (χ4n) is 2.86. The molecule has 134 valence electrons. The highest BCUT2D eigenvalue weighted by Crippen LogP contribution is 2.35. The van der Waals surface area contributed by atoms with Crippen molar-refractivity contribution in [1.82, 2.24) is 10.3 Å². The van der Waals surface area contributed by atoms with E-state index in [1.807, 2.05) is 39.0 Å². The summed E-state index contributed by atoms with van der Waals surface area (Å²) in [4.78, 5) is 17.1. The van der Waals surface area contributed by atoms with Crippen molar-refractivity contribution >= 4 is 17.5 Å². The van der Waals surface area contributed by atoms with Gasteiger partial charge in [-0.1, -0.05) is 25.4 Å². The van der Waals surface area contributed by atoms with Crippen LogP contribution in [-0.2, 0) is 0 Å². The highest BCUT2D eigenvalue weighted by atomic mass is 35.5. The molecule has 0 aliphatic carbocycles. The van der Waals surface area contributed by atoms with Crippen molar-refractivity contribution in [2.75, 3.05) is 7.05 Å². The van der Waals surface area contributed by atoms with Crippen LogP contribution < -0.4 is 10.1 Å². The molecule has 0 saturated heterocycles. The predicted octanol–water partition coefficient (Wildman–Crippen LogP) is 5.33. The van der Waals surface area contributed by atoms with E-state index in [2.05, 4.69) is 24.1 Å². The minimum absolute atomic E-state index is 0.193. The van der Waals surface area contributed by atoms with Gasteiger partial charge in [0.2, 0.25) is 5.88 Å². The van der Waals surface area contributed by atoms with Crippen LogP contribution in [0.4, 0.5) is 0 Å². The Hall–Kier alpha value is -2.07. The first-order valence-electron chi connectivity index (χ1n) is 8.46. The summed E-state index contributed by atoms with van der Waals surface area (Å²) >= 11 is 6.10. The highest BCUT2D eigenvalue weighted by molar-refractivity contribution is 6.30. The molecule has 5 heteroatoms. The average molecular weight is 361 g/mol. The molecule has 1 heterocycles. The molecule has 0 bridgehead atoms. The van der Waals surface area contributed by atoms with E-state index in [9.17, 15) is 4.79 Å². The summed E-state index contributed by atoms with van der Waals surface area (Å²) in [5.41, 5.74) is 4.08. The summed E-state index contributed by atoms with van der Waals surface area (Å²) in [5, 5.41) is 3.36. The van der Waals surface area contributed by atoms with Crippen LogP contribution in [0.25, 0.3) is 0 Å². The number of carbonyl (C=O) groups excluding carboxylic acids is 1. The lowest BCUT2D eigenvalue weighted by molar-refractivity contribution is 0.0958. The number of aryl methyl sites for hydroxylation is 3. The third-order valence-corrected chi connectivity index (χ3v) is 4.58. The fourth-order valence-corrected chi connectivity index (χ4v) is 3.19. The Bertz CT molecular complexity index is 780. The van der Waals surface area contributed by atoms with Crippen molar-refractivity contribution < 1.29 is 9.53 Å². The largest absolute Gasteiger partial charge is 0.438 e. The quantitative estimate of drug-likeness (QED) is 0.784. The number of nitrogens with one attached hydrogen (secondary N) is 1. The van der Waals surface area contributed by atoms with Crippen LogP contribution in [0.3, 0.4) is 0 Å². The lowest BCUT2D eigenvalue weighted by Gasteiger charge is -2.19. The van der Waals surface area contributed by atoms with Gasteiger partial charge in [-0.05, 0) is 68.0 Å². The second kappa shape index (κ2) is 7.87. The van der Waals surface area contributed by atoms with Gasteiger partial charge in [-0.15, -0.1) is 0 Å². The molecule has 2 rings (SSSR count). The summed E-state index contributed by atoms with van der Waals surface area (Å²) in [6.07, 6.45) is 0.923. The van der Waals surface area contributed by atoms with Gasteiger partial charge in [0.25, 0.3) is 5.91 Å². The van der Waals surface area contributed by atoms with Crippen LogP contribution in [0.2, 0.25) is 5.02 Å². The van der Waals surface area contributed by atoms with Crippen LogP contribution in [0.15, 0.2) is 18.2 Å². The second-order valence-corrected chi connectivity index (χ2v) is 6.83. The van der Waals surface area contributed by atoms with Crippen molar-refractivity contribution in [2.24, 2.45) is 0 Å². The van der Waals surface area contributed by atoms with E-state index >= 15 is 0 Å². The standard InChI is InChI=1S/C20H25ClN2O2/c1-7-11(2)16-10-14(5)23-20(17(16)19(24)22-6)25-18-12(3)8-15(21)9-13(18)4/h8-11H,7H2,1-6H3,(H,22,24). The number of halogens is 1. The third kappa shape index (κ3) is 4.13. The fraction of sp³-hybridized carbons (Fsp3) is 0.400. The molecule has 0 aliphatic rings. The molecule has 0 saturated carbocycles. The second-order valence-electron chi connectivity index (χ2n) is 6.39. The van der Waals surface area contributed by atoms with E-state index in [-0.39, 0.29) is 11.8 Å². The number of amides is 1. The molecule has 1 atom stereocenters. The van der Waals surface area contributed by atoms with Crippen molar-refractivity contribution in [3.05, 3.63) is 51.2 Å². The van der Waals surface area contributed by atoms with E-state index in [1.165, 1.54) is 0 Å². The zero-order chi connectivity index (χ0) is 18.7. The van der Waals surface area contributed by atoms with Gasteiger partial charge in [0.05, 0.1) is 0 Å². The van der Waals surface area contributed by atoms with Gasteiger partial charge in [0, 0.05) is 17.8 Å². The molecule has 25 heavy (non-hydrogen) atoms. The lowest BCUT2D eigenvalue weighted by Crippen LogP contribution is -2.22. The van der Waals surface area contributed by atoms with Gasteiger partial charge in [-0.2, -0.15) is 0 Å². The minimum atomic E-state index is -0.193. The smallest absolute Gasteiger partial charge is 0.256 e. The van der Waals surface area contributed by atoms with E-state index in [0.29, 0.717) is 22.2 Å². The molecule has 2 aromatic rings. The van der Waals surface area contributed by atoms with Gasteiger partial charge < -0.3 is 10.1 Å². The van der Waals surface area contributed by atoms with E-state index in [4.69, 9.17) is 16.3 Å². The van der Waals surface area contributed by atoms with E-state index in [1.54, 1.807) is 7.05 Å². The number of ether oxygens (including phenoxy) is 1. The molecule has 1 aromatic heterocycles. The van der Waals surface area contributed by atoms with Crippen LogP contribution in [0, 0.1) is 20.8 Å². The molecular weight excluding hydrogens is 336 g/mol. The normalized spacial score (nSPS) is 12.0. The topological polar surface area (TPSA) is 51.2 Å². The van der Waals surface area contributed by atoms with Crippen molar-refractivity contribution in [2.45, 2.75) is 47.0 Å². The number of hydrogen-bond acceptors (Lipinski definition) is 3. The van der Waals surface area contributed by atoms with Crippen molar-refractivity contribution in [3.63, 3.8) is 0 Å². The molecule has 1 unspecified atom stereocenters. The number of hydrogen-bond donors (Lipinski definition) is 1. The van der Waals surface area contributed by atoms with Gasteiger partial charge >= 0.3 is 0 Å². The van der Waals surface area contributed by atoms with Gasteiger partial charge in [0.15, 0.2) is 0 Å². The molecule has 0 spiro atoms. The first-order valence-corrected chi connectivity index (χ1v) is 8.84. The Balaban J connectivity index is 2.65. The van der Waals surface area contributed by atoms with Gasteiger partial charge in [-0.25, -0.2) is 4.98 Å². The summed E-state index contributed by atoms with van der Waals surface area (Å²) in [5.74, 6) is 1.05. The first-order chi connectivity index (χ1) is 11.8. The third-order valence-electron chi connectivity index (χ3n) is 4.37. The molecule has 1 aromatic carbocycles. The minimum Gasteiger partial charge on any atom is -0.438 e. The van der Waals surface area contributed by atoms with Crippen molar-refractivity contribution in [1.29, 1.82) is 0 Å². The van der Waals surface area contributed by atoms with E-state index in [0.717, 1.165) is 28.8 Å². The number of aromatic nitrogens is 1. The zero-order valence-corrected chi connectivity index (χ0v) is 16.4. The molecular formula is C20H25ClN2O2. The Labute approximate surface area is 154 Å². The number of nitrogens with zero attached hydrogens (tertiary/aromatic N) is 1. The van der Waals surface area contributed by atoms with Gasteiger partial charge in [-0.3, -0.25) is 4.79 Å². The van der Waals surface area contributed by atoms with E-state index < -0.39 is 0 Å². The summed E-state index contributed by atoms with van der Waals surface area (Å²) in [7, 11) is 1.62. The highest BCUT2D eigenvalue weighted by Gasteiger charge is 2.23. The first kappa shape index (κ1) is 19.3. The molecule has 0 radical (unpaired) electrons. The Morgan fingerprint density at radius 3 is 2.36 bits per heavy atom. The van der Waals surface area contributed by atoms with Crippen LogP contribution in [0.1, 0.15) is 58.9 Å². The Morgan fingerprint density at radius 1 is 1.24 bits per heavy atom. The average Bonchev–Trinajstić information content (AvgIpc) is 2.56. The maximum atomic E-state index is 12.5. The summed E-state index contributed by atoms with van der Waals surface area (Å²) in [6, 6.07) is 5.65.